The Morgan fingerprint density at radius 1 is 1.12 bits per heavy atom. The summed E-state index contributed by atoms with van der Waals surface area (Å²) in [6.07, 6.45) is -4.57. The zero-order chi connectivity index (χ0) is 23.3. The minimum atomic E-state index is -4.57. The Balaban J connectivity index is 1.72. The van der Waals surface area contributed by atoms with Gasteiger partial charge >= 0.3 is 6.18 Å². The van der Waals surface area contributed by atoms with E-state index in [2.05, 4.69) is 20.8 Å². The van der Waals surface area contributed by atoms with Gasteiger partial charge in [-0.1, -0.05) is 55.1 Å². The molecule has 0 saturated heterocycles. The second-order valence-electron chi connectivity index (χ2n) is 7.05. The van der Waals surface area contributed by atoms with E-state index in [1.165, 1.54) is 29.5 Å². The fraction of sp³-hybridized carbons (Fsp3) is 0.286. The third-order valence-corrected chi connectivity index (χ3v) is 6.78. The average molecular weight is 483 g/mol. The van der Waals surface area contributed by atoms with Crippen LogP contribution in [0.15, 0.2) is 52.9 Å². The number of anilines is 3. The van der Waals surface area contributed by atoms with Crippen LogP contribution in [0.5, 0.6) is 5.75 Å². The number of amides is 1. The average Bonchev–Trinajstić information content (AvgIpc) is 3.18. The minimum absolute atomic E-state index is 0.156. The molecule has 1 amide bonds. The second-order valence-corrected chi connectivity index (χ2v) is 9.41. The van der Waals surface area contributed by atoms with Crippen LogP contribution >= 0.6 is 23.1 Å². The smallest absolute Gasteiger partial charge is 0.418 e. The lowest BCUT2D eigenvalue weighted by Crippen LogP contribution is -2.30. The molecule has 6 nitrogen and oxygen atoms in total. The number of para-hydroxylation sites is 1. The number of thioether (sulfide) groups is 1. The number of hydrogen-bond acceptors (Lipinski definition) is 7. The van der Waals surface area contributed by atoms with Gasteiger partial charge in [0, 0.05) is 11.8 Å². The minimum Gasteiger partial charge on any atom is -0.497 e. The fourth-order valence-electron chi connectivity index (χ4n) is 2.78. The molecular formula is C21H21F3N4O2S2. The summed E-state index contributed by atoms with van der Waals surface area (Å²) in [6, 6.07) is 12.2. The Hall–Kier alpha value is -2.79. The SMILES string of the molecule is COc1cccc(Nc2nnc(SC(C(=O)Nc3ccccc3C(F)(F)F)C(C)C)s2)c1. The molecule has 11 heteroatoms. The van der Waals surface area contributed by atoms with Gasteiger partial charge in [-0.3, -0.25) is 4.79 Å². The van der Waals surface area contributed by atoms with Crippen molar-refractivity contribution in [2.75, 3.05) is 17.7 Å². The number of nitrogens with zero attached hydrogens (tertiary/aromatic N) is 2. The van der Waals surface area contributed by atoms with Gasteiger partial charge in [0.05, 0.1) is 23.6 Å². The number of aromatic nitrogens is 2. The number of nitrogens with one attached hydrogen (secondary N) is 2. The van der Waals surface area contributed by atoms with Crippen molar-refractivity contribution in [1.82, 2.24) is 10.2 Å². The molecule has 2 aromatic carbocycles. The maximum atomic E-state index is 13.2. The van der Waals surface area contributed by atoms with Crippen LogP contribution in [-0.2, 0) is 11.0 Å². The third-order valence-electron chi connectivity index (χ3n) is 4.31. The Morgan fingerprint density at radius 2 is 1.88 bits per heavy atom. The molecule has 0 radical (unpaired) electrons. The summed E-state index contributed by atoms with van der Waals surface area (Å²) in [5, 5.41) is 13.6. The molecule has 0 bridgehead atoms. The van der Waals surface area contributed by atoms with Gasteiger partial charge in [-0.05, 0) is 30.2 Å². The van der Waals surface area contributed by atoms with Crippen LogP contribution in [0.1, 0.15) is 19.4 Å². The molecule has 3 aromatic rings. The molecule has 1 aromatic heterocycles. The normalized spacial score (nSPS) is 12.5. The van der Waals surface area contributed by atoms with Crippen molar-refractivity contribution in [2.45, 2.75) is 29.6 Å². The summed E-state index contributed by atoms with van der Waals surface area (Å²) < 4.78 is 45.5. The van der Waals surface area contributed by atoms with Crippen LogP contribution in [0.25, 0.3) is 0 Å². The number of alkyl halides is 3. The van der Waals surface area contributed by atoms with E-state index in [-0.39, 0.29) is 11.6 Å². The molecule has 0 aliphatic rings. The lowest BCUT2D eigenvalue weighted by atomic mass is 10.1. The molecule has 1 heterocycles. The van der Waals surface area contributed by atoms with E-state index in [0.29, 0.717) is 15.2 Å². The van der Waals surface area contributed by atoms with Crippen LogP contribution in [0.2, 0.25) is 0 Å². The van der Waals surface area contributed by atoms with Gasteiger partial charge in [0.1, 0.15) is 5.75 Å². The number of carbonyl (C=O) groups excluding carboxylic acids is 1. The number of rotatable bonds is 8. The Morgan fingerprint density at radius 3 is 2.56 bits per heavy atom. The predicted octanol–water partition coefficient (Wildman–Crippen LogP) is 6.06. The van der Waals surface area contributed by atoms with E-state index in [1.54, 1.807) is 13.2 Å². The van der Waals surface area contributed by atoms with E-state index >= 15 is 0 Å². The van der Waals surface area contributed by atoms with E-state index in [1.807, 2.05) is 32.0 Å². The van der Waals surface area contributed by atoms with Crippen molar-refractivity contribution in [3.63, 3.8) is 0 Å². The van der Waals surface area contributed by atoms with E-state index in [0.717, 1.165) is 23.5 Å². The standard InChI is InChI=1S/C21H21F3N4O2S2/c1-12(2)17(18(29)26-16-10-5-4-9-15(16)21(22,23)24)31-20-28-27-19(32-20)25-13-7-6-8-14(11-13)30-3/h4-12,17H,1-3H3,(H,25,27)(H,26,29). The highest BCUT2D eigenvalue weighted by molar-refractivity contribution is 8.02. The number of benzene rings is 2. The summed E-state index contributed by atoms with van der Waals surface area (Å²) in [7, 11) is 1.57. The van der Waals surface area contributed by atoms with Crippen molar-refractivity contribution >= 4 is 45.5 Å². The number of methoxy groups -OCH3 is 1. The van der Waals surface area contributed by atoms with E-state index in [4.69, 9.17) is 4.74 Å². The summed E-state index contributed by atoms with van der Waals surface area (Å²) in [6.45, 7) is 3.65. The Bertz CT molecular complexity index is 1070. The molecule has 0 fully saturated rings. The maximum absolute atomic E-state index is 13.2. The van der Waals surface area contributed by atoms with Gasteiger partial charge in [-0.2, -0.15) is 13.2 Å². The highest BCUT2D eigenvalue weighted by Gasteiger charge is 2.34. The predicted molar refractivity (Wildman–Crippen MR) is 121 cm³/mol. The molecule has 32 heavy (non-hydrogen) atoms. The first-order valence-electron chi connectivity index (χ1n) is 9.55. The fourth-order valence-corrected chi connectivity index (χ4v) is 4.76. The summed E-state index contributed by atoms with van der Waals surface area (Å²) in [4.78, 5) is 12.8. The first-order valence-corrected chi connectivity index (χ1v) is 11.3. The lowest BCUT2D eigenvalue weighted by Gasteiger charge is -2.20. The number of halogens is 3. The van der Waals surface area contributed by atoms with E-state index < -0.39 is 22.9 Å². The number of ether oxygens (including phenoxy) is 1. The van der Waals surface area contributed by atoms with Gasteiger partial charge in [0.15, 0.2) is 4.34 Å². The Labute approximate surface area is 191 Å². The van der Waals surface area contributed by atoms with Crippen LogP contribution in [0.3, 0.4) is 0 Å². The van der Waals surface area contributed by atoms with Gasteiger partial charge in [-0.15, -0.1) is 10.2 Å². The highest BCUT2D eigenvalue weighted by Crippen LogP contribution is 2.37. The third kappa shape index (κ3) is 6.13. The second kappa shape index (κ2) is 10.2. The van der Waals surface area contributed by atoms with Crippen molar-refractivity contribution < 1.29 is 22.7 Å². The van der Waals surface area contributed by atoms with Crippen molar-refractivity contribution in [1.29, 1.82) is 0 Å². The molecular weight excluding hydrogens is 461 g/mol. The molecule has 1 unspecified atom stereocenters. The zero-order valence-electron chi connectivity index (χ0n) is 17.4. The van der Waals surface area contributed by atoms with Crippen LogP contribution in [-0.4, -0.2) is 28.5 Å². The summed E-state index contributed by atoms with van der Waals surface area (Å²) >= 11 is 2.41. The monoisotopic (exact) mass is 482 g/mol. The van der Waals surface area contributed by atoms with Gasteiger partial charge < -0.3 is 15.4 Å². The van der Waals surface area contributed by atoms with Crippen LogP contribution in [0, 0.1) is 5.92 Å². The molecule has 0 aliphatic carbocycles. The van der Waals surface area contributed by atoms with Gasteiger partial charge in [0.2, 0.25) is 11.0 Å². The maximum Gasteiger partial charge on any atom is 0.418 e. The van der Waals surface area contributed by atoms with Crippen LogP contribution in [0.4, 0.5) is 29.7 Å². The first-order chi connectivity index (χ1) is 15.2. The molecule has 1 atom stereocenters. The van der Waals surface area contributed by atoms with E-state index in [9.17, 15) is 18.0 Å². The van der Waals surface area contributed by atoms with Crippen molar-refractivity contribution in [3.05, 3.63) is 54.1 Å². The van der Waals surface area contributed by atoms with Crippen molar-refractivity contribution in [3.8, 4) is 5.75 Å². The Kier molecular flexibility index (Phi) is 7.62. The highest BCUT2D eigenvalue weighted by atomic mass is 32.2. The molecule has 3 rings (SSSR count). The topological polar surface area (TPSA) is 76.1 Å². The first kappa shape index (κ1) is 23.9. The molecule has 0 aliphatic heterocycles. The largest absolute Gasteiger partial charge is 0.497 e. The van der Waals surface area contributed by atoms with Crippen LogP contribution < -0.4 is 15.4 Å². The number of hydrogen-bond donors (Lipinski definition) is 2. The molecule has 0 spiro atoms. The zero-order valence-corrected chi connectivity index (χ0v) is 19.1. The number of carbonyl (C=O) groups is 1. The molecule has 2 N–H and O–H groups in total. The van der Waals surface area contributed by atoms with Crippen molar-refractivity contribution in [2.24, 2.45) is 5.92 Å². The quantitative estimate of drug-likeness (QED) is 0.380. The molecule has 0 saturated carbocycles. The summed E-state index contributed by atoms with van der Waals surface area (Å²) in [5.74, 6) is 0.000687. The summed E-state index contributed by atoms with van der Waals surface area (Å²) in [5.41, 5.74) is -0.394. The van der Waals surface area contributed by atoms with Gasteiger partial charge in [-0.25, -0.2) is 0 Å². The molecule has 170 valence electrons. The lowest BCUT2D eigenvalue weighted by molar-refractivity contribution is -0.137. The van der Waals surface area contributed by atoms with Gasteiger partial charge in [0.25, 0.3) is 0 Å².